The van der Waals surface area contributed by atoms with Gasteiger partial charge in [0.15, 0.2) is 0 Å². The lowest BCUT2D eigenvalue weighted by Crippen LogP contribution is -2.36. The van der Waals surface area contributed by atoms with Gasteiger partial charge in [-0.2, -0.15) is 0 Å². The summed E-state index contributed by atoms with van der Waals surface area (Å²) < 4.78 is 0. The fourth-order valence-electron chi connectivity index (χ4n) is 1.92. The molecule has 0 amide bonds. The Morgan fingerprint density at radius 2 is 2.12 bits per heavy atom. The molecule has 102 valence electrons. The maximum Gasteiger partial charge on any atom is 0.148 e. The monoisotopic (exact) mass is 242 g/mol. The molecule has 0 aromatic heterocycles. The van der Waals surface area contributed by atoms with Crippen LogP contribution < -0.4 is 5.32 Å². The van der Waals surface area contributed by atoms with Gasteiger partial charge in [-0.1, -0.05) is 34.1 Å². The zero-order valence-electron chi connectivity index (χ0n) is 12.3. The fourth-order valence-corrected chi connectivity index (χ4v) is 1.92. The van der Waals surface area contributed by atoms with Crippen LogP contribution in [0.5, 0.6) is 0 Å². The molecule has 3 heteroatoms. The molecule has 0 bridgehead atoms. The van der Waals surface area contributed by atoms with Crippen molar-refractivity contribution in [2.75, 3.05) is 26.7 Å². The Labute approximate surface area is 107 Å². The molecule has 1 saturated heterocycles. The molecule has 2 unspecified atom stereocenters. The molecule has 0 aromatic carbocycles. The first kappa shape index (κ1) is 16.6. The summed E-state index contributed by atoms with van der Waals surface area (Å²) in [7, 11) is 2.15. The number of ketones is 1. The lowest BCUT2D eigenvalue weighted by atomic mass is 10.1. The number of hydrogen-bond donors (Lipinski definition) is 1. The molecule has 2 atom stereocenters. The van der Waals surface area contributed by atoms with E-state index in [2.05, 4.69) is 31.1 Å². The SMILES string of the molecule is CC.CCC(C)CCN(C)CC1CC(=O)CN1. The number of hydrogen-bond acceptors (Lipinski definition) is 3. The molecular weight excluding hydrogens is 212 g/mol. The second-order valence-electron chi connectivity index (χ2n) is 4.88. The number of Topliss-reactive ketones (excluding diaryl/α,β-unsaturated/α-hetero) is 1. The van der Waals surface area contributed by atoms with Crippen molar-refractivity contribution in [1.29, 1.82) is 0 Å². The van der Waals surface area contributed by atoms with Crippen molar-refractivity contribution in [3.8, 4) is 0 Å². The predicted molar refractivity (Wildman–Crippen MR) is 74.3 cm³/mol. The maximum atomic E-state index is 11.1. The van der Waals surface area contributed by atoms with E-state index in [9.17, 15) is 4.79 Å². The lowest BCUT2D eigenvalue weighted by molar-refractivity contribution is -0.116. The zero-order chi connectivity index (χ0) is 13.3. The number of rotatable bonds is 6. The second-order valence-corrected chi connectivity index (χ2v) is 4.88. The Bertz CT molecular complexity index is 206. The van der Waals surface area contributed by atoms with Gasteiger partial charge in [0.05, 0.1) is 6.54 Å². The van der Waals surface area contributed by atoms with Crippen LogP contribution in [0, 0.1) is 5.92 Å². The molecule has 1 N–H and O–H groups in total. The van der Waals surface area contributed by atoms with E-state index in [4.69, 9.17) is 0 Å². The van der Waals surface area contributed by atoms with Gasteiger partial charge in [0.2, 0.25) is 0 Å². The van der Waals surface area contributed by atoms with Gasteiger partial charge >= 0.3 is 0 Å². The van der Waals surface area contributed by atoms with Crippen LogP contribution in [0.3, 0.4) is 0 Å². The highest BCUT2D eigenvalue weighted by Gasteiger charge is 2.22. The minimum absolute atomic E-state index is 0.357. The van der Waals surface area contributed by atoms with Gasteiger partial charge in [0, 0.05) is 19.0 Å². The van der Waals surface area contributed by atoms with Crippen molar-refractivity contribution < 1.29 is 4.79 Å². The minimum Gasteiger partial charge on any atom is -0.305 e. The highest BCUT2D eigenvalue weighted by atomic mass is 16.1. The molecule has 0 saturated carbocycles. The first-order chi connectivity index (χ1) is 8.11. The number of likely N-dealkylation sites (N-methyl/N-ethyl adjacent to an activating group) is 1. The Morgan fingerprint density at radius 1 is 1.47 bits per heavy atom. The zero-order valence-corrected chi connectivity index (χ0v) is 12.3. The highest BCUT2D eigenvalue weighted by molar-refractivity contribution is 5.83. The third-order valence-electron chi connectivity index (χ3n) is 3.29. The Hall–Kier alpha value is -0.410. The Balaban J connectivity index is 0.00000121. The van der Waals surface area contributed by atoms with Crippen LogP contribution in [0.1, 0.15) is 47.0 Å². The predicted octanol–water partition coefficient (Wildman–Crippen LogP) is 2.31. The summed E-state index contributed by atoms with van der Waals surface area (Å²) in [5, 5.41) is 3.25. The molecule has 1 aliphatic rings. The smallest absolute Gasteiger partial charge is 0.148 e. The van der Waals surface area contributed by atoms with Crippen LogP contribution in [0.2, 0.25) is 0 Å². The van der Waals surface area contributed by atoms with E-state index >= 15 is 0 Å². The summed E-state index contributed by atoms with van der Waals surface area (Å²) in [5.41, 5.74) is 0. The lowest BCUT2D eigenvalue weighted by Gasteiger charge is -2.21. The number of carbonyl (C=O) groups is 1. The molecular formula is C14H30N2O. The highest BCUT2D eigenvalue weighted by Crippen LogP contribution is 2.08. The number of carbonyl (C=O) groups excluding carboxylic acids is 1. The summed E-state index contributed by atoms with van der Waals surface area (Å²) in [6.07, 6.45) is 3.23. The van der Waals surface area contributed by atoms with E-state index in [0.29, 0.717) is 24.8 Å². The van der Waals surface area contributed by atoms with Crippen molar-refractivity contribution in [3.05, 3.63) is 0 Å². The van der Waals surface area contributed by atoms with Gasteiger partial charge in [0.25, 0.3) is 0 Å². The van der Waals surface area contributed by atoms with Gasteiger partial charge in [-0.05, 0) is 25.9 Å². The summed E-state index contributed by atoms with van der Waals surface area (Å²) in [6.45, 7) is 11.3. The van der Waals surface area contributed by atoms with Crippen molar-refractivity contribution in [2.24, 2.45) is 5.92 Å². The van der Waals surface area contributed by atoms with E-state index in [1.54, 1.807) is 0 Å². The molecule has 1 fully saturated rings. The van der Waals surface area contributed by atoms with Gasteiger partial charge in [-0.3, -0.25) is 4.79 Å². The number of nitrogens with zero attached hydrogens (tertiary/aromatic N) is 1. The number of nitrogens with one attached hydrogen (secondary N) is 1. The second kappa shape index (κ2) is 9.60. The van der Waals surface area contributed by atoms with Crippen LogP contribution >= 0.6 is 0 Å². The van der Waals surface area contributed by atoms with Crippen molar-refractivity contribution in [2.45, 2.75) is 53.0 Å². The van der Waals surface area contributed by atoms with Gasteiger partial charge < -0.3 is 10.2 Å². The summed E-state index contributed by atoms with van der Waals surface area (Å²) >= 11 is 0. The topological polar surface area (TPSA) is 32.3 Å². The quantitative estimate of drug-likeness (QED) is 0.776. The molecule has 1 aliphatic heterocycles. The Morgan fingerprint density at radius 3 is 2.59 bits per heavy atom. The third-order valence-corrected chi connectivity index (χ3v) is 3.29. The van der Waals surface area contributed by atoms with E-state index in [1.807, 2.05) is 13.8 Å². The van der Waals surface area contributed by atoms with Crippen molar-refractivity contribution >= 4 is 5.78 Å². The molecule has 17 heavy (non-hydrogen) atoms. The third kappa shape index (κ3) is 7.50. The van der Waals surface area contributed by atoms with E-state index in [1.165, 1.54) is 12.8 Å². The average molecular weight is 242 g/mol. The molecule has 0 aromatic rings. The van der Waals surface area contributed by atoms with Gasteiger partial charge in [-0.25, -0.2) is 0 Å². The molecule has 3 nitrogen and oxygen atoms in total. The summed E-state index contributed by atoms with van der Waals surface area (Å²) in [6, 6.07) is 0.388. The van der Waals surface area contributed by atoms with E-state index < -0.39 is 0 Å². The van der Waals surface area contributed by atoms with Crippen LogP contribution in [-0.2, 0) is 4.79 Å². The first-order valence-corrected chi connectivity index (χ1v) is 7.05. The maximum absolute atomic E-state index is 11.1. The molecule has 0 aliphatic carbocycles. The minimum atomic E-state index is 0.357. The summed E-state index contributed by atoms with van der Waals surface area (Å²) in [4.78, 5) is 13.4. The molecule has 0 spiro atoms. The van der Waals surface area contributed by atoms with Gasteiger partial charge in [-0.15, -0.1) is 0 Å². The Kier molecular flexibility index (Phi) is 9.37. The first-order valence-electron chi connectivity index (χ1n) is 7.05. The van der Waals surface area contributed by atoms with Gasteiger partial charge in [0.1, 0.15) is 5.78 Å². The van der Waals surface area contributed by atoms with Crippen molar-refractivity contribution in [1.82, 2.24) is 10.2 Å². The van der Waals surface area contributed by atoms with Crippen LogP contribution in [0.15, 0.2) is 0 Å². The fraction of sp³-hybridized carbons (Fsp3) is 0.929. The average Bonchev–Trinajstić information content (AvgIpc) is 2.74. The van der Waals surface area contributed by atoms with Crippen LogP contribution in [0.25, 0.3) is 0 Å². The molecule has 1 heterocycles. The normalized spacial score (nSPS) is 21.3. The molecule has 1 rings (SSSR count). The standard InChI is InChI=1S/C12H24N2O.C2H6/c1-4-10(2)5-6-14(3)9-11-7-12(15)8-13-11;1-2/h10-11,13H,4-9H2,1-3H3;1-2H3. The van der Waals surface area contributed by atoms with Crippen LogP contribution in [0.4, 0.5) is 0 Å². The van der Waals surface area contributed by atoms with Crippen molar-refractivity contribution in [3.63, 3.8) is 0 Å². The van der Waals surface area contributed by atoms with E-state index in [-0.39, 0.29) is 0 Å². The van der Waals surface area contributed by atoms with E-state index in [0.717, 1.165) is 19.0 Å². The largest absolute Gasteiger partial charge is 0.305 e. The molecule has 0 radical (unpaired) electrons. The van der Waals surface area contributed by atoms with Crippen LogP contribution in [-0.4, -0.2) is 43.4 Å². The summed E-state index contributed by atoms with van der Waals surface area (Å²) in [5.74, 6) is 1.17.